The number of rotatable bonds is 11. The number of furan rings is 1. The molecular weight excluding hydrogens is 382 g/mol. The minimum atomic E-state index is -3.60. The van der Waals surface area contributed by atoms with Crippen molar-refractivity contribution in [3.05, 3.63) is 48.4 Å². The molecule has 0 bridgehead atoms. The third-order valence-electron chi connectivity index (χ3n) is 3.86. The van der Waals surface area contributed by atoms with E-state index in [0.29, 0.717) is 25.2 Å². The van der Waals surface area contributed by atoms with E-state index in [9.17, 15) is 18.0 Å². The summed E-state index contributed by atoms with van der Waals surface area (Å²) in [4.78, 5) is 23.9. The fourth-order valence-electron chi connectivity index (χ4n) is 2.38. The molecule has 0 aliphatic carbocycles. The molecule has 9 heteroatoms. The first-order chi connectivity index (χ1) is 13.4. The summed E-state index contributed by atoms with van der Waals surface area (Å²) in [7, 11) is -3.60. The molecule has 0 saturated carbocycles. The van der Waals surface area contributed by atoms with E-state index in [1.807, 2.05) is 6.92 Å². The van der Waals surface area contributed by atoms with Gasteiger partial charge in [0, 0.05) is 25.2 Å². The summed E-state index contributed by atoms with van der Waals surface area (Å²) in [6.45, 7) is 2.68. The van der Waals surface area contributed by atoms with Crippen LogP contribution >= 0.6 is 0 Å². The standard InChI is InChI=1S/C19H25N3O5S/c1-2-3-12-21-28(25,26)16-8-4-7-15(14-16)22-18(23)10-5-11-20-19(24)17-9-6-13-27-17/h4,6-9,13-14,21H,2-3,5,10-12H2,1H3,(H,20,24)(H,22,23). The van der Waals surface area contributed by atoms with Crippen molar-refractivity contribution in [2.75, 3.05) is 18.4 Å². The van der Waals surface area contributed by atoms with Crippen LogP contribution in [0.15, 0.2) is 52.0 Å². The third kappa shape index (κ3) is 6.82. The lowest BCUT2D eigenvalue weighted by atomic mass is 10.2. The Bertz CT molecular complexity index is 879. The van der Waals surface area contributed by atoms with Crippen LogP contribution < -0.4 is 15.4 Å². The lowest BCUT2D eigenvalue weighted by molar-refractivity contribution is -0.116. The molecule has 1 aromatic carbocycles. The largest absolute Gasteiger partial charge is 0.459 e. The minimum absolute atomic E-state index is 0.104. The second-order valence-electron chi connectivity index (χ2n) is 6.16. The predicted octanol–water partition coefficient (Wildman–Crippen LogP) is 2.51. The van der Waals surface area contributed by atoms with Gasteiger partial charge in [-0.15, -0.1) is 0 Å². The van der Waals surface area contributed by atoms with Crippen molar-refractivity contribution in [2.45, 2.75) is 37.5 Å². The zero-order chi connectivity index (χ0) is 20.4. The molecule has 2 amide bonds. The zero-order valence-corrected chi connectivity index (χ0v) is 16.6. The number of hydrogen-bond acceptors (Lipinski definition) is 5. The Hall–Kier alpha value is -2.65. The summed E-state index contributed by atoms with van der Waals surface area (Å²) in [5, 5.41) is 5.33. The van der Waals surface area contributed by atoms with E-state index in [1.165, 1.54) is 18.4 Å². The van der Waals surface area contributed by atoms with Crippen molar-refractivity contribution in [1.82, 2.24) is 10.0 Å². The lowest BCUT2D eigenvalue weighted by Crippen LogP contribution is -2.25. The number of unbranched alkanes of at least 4 members (excludes halogenated alkanes) is 1. The Morgan fingerprint density at radius 3 is 2.61 bits per heavy atom. The van der Waals surface area contributed by atoms with E-state index >= 15 is 0 Å². The van der Waals surface area contributed by atoms with Gasteiger partial charge in [-0.2, -0.15) is 0 Å². The fraction of sp³-hybridized carbons (Fsp3) is 0.368. The summed E-state index contributed by atoms with van der Waals surface area (Å²) in [6.07, 6.45) is 3.68. The molecule has 2 aromatic rings. The average molecular weight is 407 g/mol. The molecule has 3 N–H and O–H groups in total. The molecule has 0 fully saturated rings. The summed E-state index contributed by atoms with van der Waals surface area (Å²) in [6, 6.07) is 9.28. The molecule has 28 heavy (non-hydrogen) atoms. The molecule has 0 atom stereocenters. The highest BCUT2D eigenvalue weighted by Crippen LogP contribution is 2.16. The van der Waals surface area contributed by atoms with Crippen molar-refractivity contribution >= 4 is 27.5 Å². The number of amides is 2. The Balaban J connectivity index is 1.79. The monoisotopic (exact) mass is 407 g/mol. The molecule has 0 saturated heterocycles. The van der Waals surface area contributed by atoms with Gasteiger partial charge in [0.1, 0.15) is 0 Å². The van der Waals surface area contributed by atoms with E-state index in [1.54, 1.807) is 24.3 Å². The summed E-state index contributed by atoms with van der Waals surface area (Å²) >= 11 is 0. The molecule has 8 nitrogen and oxygen atoms in total. The van der Waals surface area contributed by atoms with Gasteiger partial charge in [-0.05, 0) is 43.2 Å². The van der Waals surface area contributed by atoms with Gasteiger partial charge in [0.15, 0.2) is 5.76 Å². The van der Waals surface area contributed by atoms with Crippen molar-refractivity contribution in [1.29, 1.82) is 0 Å². The Morgan fingerprint density at radius 2 is 1.89 bits per heavy atom. The topological polar surface area (TPSA) is 118 Å². The van der Waals surface area contributed by atoms with E-state index in [4.69, 9.17) is 4.42 Å². The van der Waals surface area contributed by atoms with Crippen molar-refractivity contribution in [3.8, 4) is 0 Å². The highest BCUT2D eigenvalue weighted by atomic mass is 32.2. The maximum atomic E-state index is 12.2. The van der Waals surface area contributed by atoms with Crippen LogP contribution in [-0.4, -0.2) is 33.3 Å². The van der Waals surface area contributed by atoms with Gasteiger partial charge in [0.05, 0.1) is 11.2 Å². The molecule has 152 valence electrons. The molecule has 0 radical (unpaired) electrons. The van der Waals surface area contributed by atoms with Crippen LogP contribution in [0.5, 0.6) is 0 Å². The Labute approximate surface area is 164 Å². The molecule has 2 rings (SSSR count). The van der Waals surface area contributed by atoms with Gasteiger partial charge in [0.2, 0.25) is 15.9 Å². The quantitative estimate of drug-likeness (QED) is 0.495. The van der Waals surface area contributed by atoms with Gasteiger partial charge in [-0.3, -0.25) is 9.59 Å². The van der Waals surface area contributed by atoms with Crippen LogP contribution in [0.2, 0.25) is 0 Å². The molecule has 1 heterocycles. The van der Waals surface area contributed by atoms with Gasteiger partial charge in [-0.1, -0.05) is 19.4 Å². The summed E-state index contributed by atoms with van der Waals surface area (Å²) in [5.74, 6) is -0.380. The van der Waals surface area contributed by atoms with Crippen LogP contribution in [0.4, 0.5) is 5.69 Å². The summed E-state index contributed by atoms with van der Waals surface area (Å²) < 4.78 is 32.0. The number of sulfonamides is 1. The number of anilines is 1. The van der Waals surface area contributed by atoms with E-state index in [-0.39, 0.29) is 28.9 Å². The van der Waals surface area contributed by atoms with E-state index in [0.717, 1.165) is 12.8 Å². The second kappa shape index (κ2) is 10.6. The minimum Gasteiger partial charge on any atom is -0.459 e. The zero-order valence-electron chi connectivity index (χ0n) is 15.7. The van der Waals surface area contributed by atoms with Crippen molar-refractivity contribution < 1.29 is 22.4 Å². The number of carbonyl (C=O) groups excluding carboxylic acids is 2. The van der Waals surface area contributed by atoms with Crippen molar-refractivity contribution in [3.63, 3.8) is 0 Å². The first-order valence-corrected chi connectivity index (χ1v) is 10.6. The molecule has 0 aliphatic heterocycles. The smallest absolute Gasteiger partial charge is 0.286 e. The maximum Gasteiger partial charge on any atom is 0.286 e. The van der Waals surface area contributed by atoms with Crippen LogP contribution in [0.3, 0.4) is 0 Å². The molecule has 0 unspecified atom stereocenters. The van der Waals surface area contributed by atoms with Crippen LogP contribution in [0.1, 0.15) is 43.2 Å². The van der Waals surface area contributed by atoms with Gasteiger partial charge in [-0.25, -0.2) is 13.1 Å². The average Bonchev–Trinajstić information content (AvgIpc) is 3.20. The van der Waals surface area contributed by atoms with E-state index in [2.05, 4.69) is 15.4 Å². The highest BCUT2D eigenvalue weighted by molar-refractivity contribution is 7.89. The predicted molar refractivity (Wildman–Crippen MR) is 105 cm³/mol. The van der Waals surface area contributed by atoms with E-state index < -0.39 is 10.0 Å². The molecule has 0 aliphatic rings. The lowest BCUT2D eigenvalue weighted by Gasteiger charge is -2.09. The number of benzene rings is 1. The molecule has 0 spiro atoms. The Morgan fingerprint density at radius 1 is 1.07 bits per heavy atom. The number of hydrogen-bond donors (Lipinski definition) is 3. The van der Waals surface area contributed by atoms with Gasteiger partial charge >= 0.3 is 0 Å². The van der Waals surface area contributed by atoms with Crippen molar-refractivity contribution in [2.24, 2.45) is 0 Å². The maximum absolute atomic E-state index is 12.2. The molecule has 1 aromatic heterocycles. The second-order valence-corrected chi connectivity index (χ2v) is 7.93. The summed E-state index contributed by atoms with van der Waals surface area (Å²) in [5.41, 5.74) is 0.406. The highest BCUT2D eigenvalue weighted by Gasteiger charge is 2.14. The number of nitrogens with one attached hydrogen (secondary N) is 3. The first-order valence-electron chi connectivity index (χ1n) is 9.13. The third-order valence-corrected chi connectivity index (χ3v) is 5.32. The fourth-order valence-corrected chi connectivity index (χ4v) is 3.50. The normalized spacial score (nSPS) is 11.2. The van der Waals surface area contributed by atoms with Crippen LogP contribution in [0.25, 0.3) is 0 Å². The van der Waals surface area contributed by atoms with Crippen LogP contribution in [-0.2, 0) is 14.8 Å². The Kier molecular flexibility index (Phi) is 8.21. The molecular formula is C19H25N3O5S. The van der Waals surface area contributed by atoms with Gasteiger partial charge in [0.25, 0.3) is 5.91 Å². The van der Waals surface area contributed by atoms with Crippen LogP contribution in [0, 0.1) is 0 Å². The SMILES string of the molecule is CCCCNS(=O)(=O)c1cccc(NC(=O)CCCNC(=O)c2ccco2)c1. The first kappa shape index (κ1) is 21.6. The number of carbonyl (C=O) groups is 2. The van der Waals surface area contributed by atoms with Gasteiger partial charge < -0.3 is 15.1 Å².